The van der Waals surface area contributed by atoms with Crippen LogP contribution in [0.1, 0.15) is 33.1 Å². The molecule has 0 amide bonds. The van der Waals surface area contributed by atoms with Crippen LogP contribution in [0.3, 0.4) is 0 Å². The average molecular weight is 252 g/mol. The van der Waals surface area contributed by atoms with Crippen molar-refractivity contribution in [3.05, 3.63) is 12.4 Å². The highest BCUT2D eigenvalue weighted by molar-refractivity contribution is 7.99. The number of aromatic nitrogens is 2. The number of nitrogens with zero attached hydrogens (tertiary/aromatic N) is 2. The van der Waals surface area contributed by atoms with Gasteiger partial charge in [-0.2, -0.15) is 5.26 Å². The van der Waals surface area contributed by atoms with Crippen molar-refractivity contribution in [2.45, 2.75) is 43.8 Å². The molecule has 0 aliphatic carbocycles. The third-order valence-electron chi connectivity index (χ3n) is 2.79. The molecule has 1 rings (SSSR count). The Balaban J connectivity index is 2.30. The van der Waals surface area contributed by atoms with Crippen LogP contribution in [0.4, 0.5) is 0 Å². The molecule has 0 aromatic carbocycles. The number of imidazole rings is 1. The van der Waals surface area contributed by atoms with Crippen LogP contribution in [0.2, 0.25) is 0 Å². The van der Waals surface area contributed by atoms with Gasteiger partial charge >= 0.3 is 0 Å². The van der Waals surface area contributed by atoms with E-state index in [0.29, 0.717) is 0 Å². The standard InChI is InChI=1S/C12H20N4S/c1-3-12(10-13,16-4-2)6-5-9-17-11-14-7-8-15-11/h7-8,16H,3-6,9H2,1-2H3,(H,14,15). The van der Waals surface area contributed by atoms with Gasteiger partial charge < -0.3 is 4.98 Å². The first kappa shape index (κ1) is 14.1. The molecule has 2 N–H and O–H groups in total. The van der Waals surface area contributed by atoms with Gasteiger partial charge in [0.15, 0.2) is 5.16 Å². The van der Waals surface area contributed by atoms with Gasteiger partial charge in [0.1, 0.15) is 5.54 Å². The summed E-state index contributed by atoms with van der Waals surface area (Å²) in [6.45, 7) is 4.94. The highest BCUT2D eigenvalue weighted by Crippen LogP contribution is 2.20. The van der Waals surface area contributed by atoms with Gasteiger partial charge in [-0.05, 0) is 25.8 Å². The number of hydrogen-bond donors (Lipinski definition) is 2. The molecule has 0 aliphatic heterocycles. The number of H-pyrrole nitrogens is 1. The van der Waals surface area contributed by atoms with Gasteiger partial charge in [-0.15, -0.1) is 0 Å². The number of aromatic amines is 1. The first-order chi connectivity index (χ1) is 8.26. The number of nitrogens with one attached hydrogen (secondary N) is 2. The molecule has 17 heavy (non-hydrogen) atoms. The largest absolute Gasteiger partial charge is 0.340 e. The minimum absolute atomic E-state index is 0.349. The quantitative estimate of drug-likeness (QED) is 0.551. The molecule has 1 atom stereocenters. The zero-order chi connectivity index (χ0) is 12.6. The lowest BCUT2D eigenvalue weighted by molar-refractivity contribution is 0.379. The normalized spacial score (nSPS) is 14.2. The van der Waals surface area contributed by atoms with Crippen LogP contribution in [0.25, 0.3) is 0 Å². The summed E-state index contributed by atoms with van der Waals surface area (Å²) in [6.07, 6.45) is 6.34. The zero-order valence-electron chi connectivity index (χ0n) is 10.5. The van der Waals surface area contributed by atoms with Gasteiger partial charge in [-0.1, -0.05) is 25.6 Å². The average Bonchev–Trinajstić information content (AvgIpc) is 2.86. The second kappa shape index (κ2) is 7.36. The zero-order valence-corrected chi connectivity index (χ0v) is 11.3. The summed E-state index contributed by atoms with van der Waals surface area (Å²) >= 11 is 1.70. The molecule has 1 aromatic heterocycles. The number of hydrogen-bond acceptors (Lipinski definition) is 4. The second-order valence-corrected chi connectivity index (χ2v) is 5.01. The molecule has 1 unspecified atom stereocenters. The fraction of sp³-hybridized carbons (Fsp3) is 0.667. The van der Waals surface area contributed by atoms with Crippen molar-refractivity contribution in [3.8, 4) is 6.07 Å². The molecule has 5 heteroatoms. The minimum Gasteiger partial charge on any atom is -0.340 e. The van der Waals surface area contributed by atoms with Crippen LogP contribution in [0.15, 0.2) is 17.6 Å². The maximum atomic E-state index is 9.25. The molecule has 0 bridgehead atoms. The van der Waals surface area contributed by atoms with Crippen LogP contribution in [-0.2, 0) is 0 Å². The van der Waals surface area contributed by atoms with E-state index in [2.05, 4.69) is 28.3 Å². The van der Waals surface area contributed by atoms with E-state index in [-0.39, 0.29) is 5.54 Å². The smallest absolute Gasteiger partial charge is 0.165 e. The van der Waals surface area contributed by atoms with Crippen LogP contribution in [-0.4, -0.2) is 27.8 Å². The maximum absolute atomic E-state index is 9.25. The summed E-state index contributed by atoms with van der Waals surface area (Å²) in [5, 5.41) is 13.5. The van der Waals surface area contributed by atoms with Crippen molar-refractivity contribution in [2.75, 3.05) is 12.3 Å². The number of thioether (sulfide) groups is 1. The van der Waals surface area contributed by atoms with Gasteiger partial charge in [-0.25, -0.2) is 4.98 Å². The molecule has 4 nitrogen and oxygen atoms in total. The molecule has 1 heterocycles. The molecule has 0 saturated heterocycles. The molecule has 0 radical (unpaired) electrons. The lowest BCUT2D eigenvalue weighted by atomic mass is 9.92. The predicted molar refractivity (Wildman–Crippen MR) is 70.9 cm³/mol. The first-order valence-electron chi connectivity index (χ1n) is 6.05. The van der Waals surface area contributed by atoms with Gasteiger partial charge in [-0.3, -0.25) is 5.32 Å². The molecule has 0 aliphatic rings. The summed E-state index contributed by atoms with van der Waals surface area (Å²) in [5.41, 5.74) is -0.349. The molecule has 0 saturated carbocycles. The second-order valence-electron chi connectivity index (χ2n) is 3.92. The van der Waals surface area contributed by atoms with E-state index in [9.17, 15) is 5.26 Å². The Kier molecular flexibility index (Phi) is 6.09. The SMILES string of the molecule is CCNC(C#N)(CC)CCCSc1ncc[nH]1. The monoisotopic (exact) mass is 252 g/mol. The van der Waals surface area contributed by atoms with Gasteiger partial charge in [0, 0.05) is 18.1 Å². The Bertz CT molecular complexity index is 344. The van der Waals surface area contributed by atoms with Crippen LogP contribution < -0.4 is 5.32 Å². The minimum atomic E-state index is -0.349. The number of nitriles is 1. The molecular formula is C12H20N4S. The summed E-state index contributed by atoms with van der Waals surface area (Å²) in [7, 11) is 0. The highest BCUT2D eigenvalue weighted by Gasteiger charge is 2.25. The summed E-state index contributed by atoms with van der Waals surface area (Å²) in [6, 6.07) is 2.42. The molecule has 0 fully saturated rings. The van der Waals surface area contributed by atoms with E-state index in [1.807, 2.05) is 13.1 Å². The summed E-state index contributed by atoms with van der Waals surface area (Å²) in [5.74, 6) is 0.988. The van der Waals surface area contributed by atoms with Crippen molar-refractivity contribution in [1.82, 2.24) is 15.3 Å². The fourth-order valence-corrected chi connectivity index (χ4v) is 2.54. The molecule has 94 valence electrons. The number of rotatable bonds is 8. The first-order valence-corrected chi connectivity index (χ1v) is 7.03. The highest BCUT2D eigenvalue weighted by atomic mass is 32.2. The summed E-state index contributed by atoms with van der Waals surface area (Å²) < 4.78 is 0. The van der Waals surface area contributed by atoms with E-state index in [4.69, 9.17) is 0 Å². The van der Waals surface area contributed by atoms with Crippen molar-refractivity contribution in [2.24, 2.45) is 0 Å². The lowest BCUT2D eigenvalue weighted by Gasteiger charge is -2.25. The van der Waals surface area contributed by atoms with E-state index < -0.39 is 0 Å². The Morgan fingerprint density at radius 3 is 2.94 bits per heavy atom. The van der Waals surface area contributed by atoms with E-state index in [1.54, 1.807) is 18.0 Å². The Morgan fingerprint density at radius 2 is 2.41 bits per heavy atom. The van der Waals surface area contributed by atoms with Gasteiger partial charge in [0.25, 0.3) is 0 Å². The van der Waals surface area contributed by atoms with Crippen molar-refractivity contribution in [3.63, 3.8) is 0 Å². The summed E-state index contributed by atoms with van der Waals surface area (Å²) in [4.78, 5) is 7.21. The fourth-order valence-electron chi connectivity index (χ4n) is 1.78. The Morgan fingerprint density at radius 1 is 1.59 bits per heavy atom. The van der Waals surface area contributed by atoms with E-state index >= 15 is 0 Å². The third kappa shape index (κ3) is 4.41. The van der Waals surface area contributed by atoms with E-state index in [1.165, 1.54) is 0 Å². The molecule has 1 aromatic rings. The maximum Gasteiger partial charge on any atom is 0.165 e. The third-order valence-corrected chi connectivity index (χ3v) is 3.78. The van der Waals surface area contributed by atoms with Crippen molar-refractivity contribution >= 4 is 11.8 Å². The Labute approximate surface area is 107 Å². The van der Waals surface area contributed by atoms with Gasteiger partial charge in [0.2, 0.25) is 0 Å². The van der Waals surface area contributed by atoms with Crippen LogP contribution >= 0.6 is 11.8 Å². The topological polar surface area (TPSA) is 64.5 Å². The van der Waals surface area contributed by atoms with Crippen molar-refractivity contribution < 1.29 is 0 Å². The molecule has 0 spiro atoms. The predicted octanol–water partition coefficient (Wildman–Crippen LogP) is 2.56. The van der Waals surface area contributed by atoms with Crippen molar-refractivity contribution in [1.29, 1.82) is 5.26 Å². The lowest BCUT2D eigenvalue weighted by Crippen LogP contribution is -2.43. The molecular weight excluding hydrogens is 232 g/mol. The van der Waals surface area contributed by atoms with E-state index in [0.717, 1.165) is 36.7 Å². The Hall–Kier alpha value is -0.990. The van der Waals surface area contributed by atoms with Crippen LogP contribution in [0, 0.1) is 11.3 Å². The van der Waals surface area contributed by atoms with Gasteiger partial charge in [0.05, 0.1) is 6.07 Å². The van der Waals surface area contributed by atoms with Crippen LogP contribution in [0.5, 0.6) is 0 Å².